The Balaban J connectivity index is 1.42. The molecule has 2 heterocycles. The first kappa shape index (κ1) is 21.7. The number of nitrogens with one attached hydrogen (secondary N) is 1. The standard InChI is InChI=1S/C25H30ClN3O2/c26-22-10-12-23(13-11-22)27-25(31)29-16-6-9-21(18-29)19-7-5-8-20(17-19)24(30)28-14-3-1-2-4-15-28/h5,7-8,10-13,17,21H,1-4,6,9,14-16,18H2,(H,27,31)/t21-/m1/s1. The summed E-state index contributed by atoms with van der Waals surface area (Å²) in [5, 5.41) is 3.60. The van der Waals surface area contributed by atoms with Crippen molar-refractivity contribution in [2.24, 2.45) is 0 Å². The lowest BCUT2D eigenvalue weighted by molar-refractivity contribution is 0.0761. The van der Waals surface area contributed by atoms with Gasteiger partial charge < -0.3 is 15.1 Å². The average Bonchev–Trinajstić information content (AvgIpc) is 3.10. The van der Waals surface area contributed by atoms with Crippen molar-refractivity contribution in [1.82, 2.24) is 9.80 Å². The number of likely N-dealkylation sites (tertiary alicyclic amines) is 2. The number of carbonyl (C=O) groups excluding carboxylic acids is 2. The molecule has 1 atom stereocenters. The van der Waals surface area contributed by atoms with Gasteiger partial charge in [0.25, 0.3) is 5.91 Å². The van der Waals surface area contributed by atoms with Gasteiger partial charge in [0.15, 0.2) is 0 Å². The Kier molecular flexibility index (Phi) is 7.13. The van der Waals surface area contributed by atoms with Crippen molar-refractivity contribution < 1.29 is 9.59 Å². The Hall–Kier alpha value is -2.53. The van der Waals surface area contributed by atoms with E-state index in [4.69, 9.17) is 11.6 Å². The van der Waals surface area contributed by atoms with Crippen molar-refractivity contribution in [1.29, 1.82) is 0 Å². The summed E-state index contributed by atoms with van der Waals surface area (Å²) in [6.07, 6.45) is 6.56. The number of piperidine rings is 1. The monoisotopic (exact) mass is 439 g/mol. The van der Waals surface area contributed by atoms with Crippen molar-refractivity contribution in [3.63, 3.8) is 0 Å². The van der Waals surface area contributed by atoms with Crippen molar-refractivity contribution in [3.8, 4) is 0 Å². The Labute approximate surface area is 189 Å². The molecule has 2 aromatic carbocycles. The zero-order valence-corrected chi connectivity index (χ0v) is 18.6. The van der Waals surface area contributed by atoms with Crippen LogP contribution in [0.15, 0.2) is 48.5 Å². The van der Waals surface area contributed by atoms with Crippen LogP contribution in [0.4, 0.5) is 10.5 Å². The molecule has 5 nitrogen and oxygen atoms in total. The van der Waals surface area contributed by atoms with E-state index in [1.807, 2.05) is 28.0 Å². The number of rotatable bonds is 3. The summed E-state index contributed by atoms with van der Waals surface area (Å²) in [4.78, 5) is 29.7. The largest absolute Gasteiger partial charge is 0.339 e. The SMILES string of the molecule is O=C(Nc1ccc(Cl)cc1)N1CCC[C@@H](c2cccc(C(=O)N3CCCCCC3)c2)C1. The smallest absolute Gasteiger partial charge is 0.321 e. The van der Waals surface area contributed by atoms with Gasteiger partial charge in [-0.05, 0) is 67.6 Å². The Bertz CT molecular complexity index is 907. The third-order valence-electron chi connectivity index (χ3n) is 6.30. The highest BCUT2D eigenvalue weighted by Gasteiger charge is 2.26. The van der Waals surface area contributed by atoms with Gasteiger partial charge in [-0.1, -0.05) is 36.6 Å². The van der Waals surface area contributed by atoms with Crippen LogP contribution in [0.5, 0.6) is 0 Å². The number of anilines is 1. The molecule has 6 heteroatoms. The zero-order valence-electron chi connectivity index (χ0n) is 17.9. The Morgan fingerprint density at radius 2 is 1.58 bits per heavy atom. The Morgan fingerprint density at radius 1 is 0.871 bits per heavy atom. The van der Waals surface area contributed by atoms with Crippen LogP contribution < -0.4 is 5.32 Å². The van der Waals surface area contributed by atoms with Crippen LogP contribution in [0.3, 0.4) is 0 Å². The van der Waals surface area contributed by atoms with Gasteiger partial charge in [-0.2, -0.15) is 0 Å². The van der Waals surface area contributed by atoms with Gasteiger partial charge in [0, 0.05) is 48.4 Å². The number of halogens is 1. The minimum atomic E-state index is -0.0937. The fourth-order valence-electron chi connectivity index (χ4n) is 4.55. The molecule has 0 aromatic heterocycles. The topological polar surface area (TPSA) is 52.7 Å². The molecule has 164 valence electrons. The van der Waals surface area contributed by atoms with E-state index in [0.29, 0.717) is 11.6 Å². The van der Waals surface area contributed by atoms with Gasteiger partial charge >= 0.3 is 6.03 Å². The number of carbonyl (C=O) groups is 2. The molecule has 0 bridgehead atoms. The lowest BCUT2D eigenvalue weighted by Gasteiger charge is -2.33. The third kappa shape index (κ3) is 5.59. The van der Waals surface area contributed by atoms with Gasteiger partial charge in [-0.3, -0.25) is 4.79 Å². The maximum atomic E-state index is 13.0. The van der Waals surface area contributed by atoms with E-state index in [2.05, 4.69) is 11.4 Å². The molecule has 2 saturated heterocycles. The van der Waals surface area contributed by atoms with Gasteiger partial charge in [0.1, 0.15) is 0 Å². The normalized spacial score (nSPS) is 19.6. The molecule has 0 saturated carbocycles. The molecule has 2 aromatic rings. The second-order valence-electron chi connectivity index (χ2n) is 8.55. The van der Waals surface area contributed by atoms with Gasteiger partial charge in [-0.25, -0.2) is 4.79 Å². The molecule has 0 spiro atoms. The molecule has 2 aliphatic heterocycles. The van der Waals surface area contributed by atoms with Crippen LogP contribution in [-0.2, 0) is 0 Å². The molecule has 2 aliphatic rings. The fraction of sp³-hybridized carbons (Fsp3) is 0.440. The maximum absolute atomic E-state index is 13.0. The predicted molar refractivity (Wildman–Crippen MR) is 125 cm³/mol. The minimum Gasteiger partial charge on any atom is -0.339 e. The van der Waals surface area contributed by atoms with E-state index in [9.17, 15) is 9.59 Å². The molecule has 2 fully saturated rings. The molecule has 4 rings (SSSR count). The number of urea groups is 1. The molecule has 31 heavy (non-hydrogen) atoms. The van der Waals surface area contributed by atoms with Crippen LogP contribution in [0, 0.1) is 0 Å². The van der Waals surface area contributed by atoms with Crippen molar-refractivity contribution >= 4 is 29.2 Å². The number of hydrogen-bond acceptors (Lipinski definition) is 2. The number of hydrogen-bond donors (Lipinski definition) is 1. The summed E-state index contributed by atoms with van der Waals surface area (Å²) in [7, 11) is 0. The Morgan fingerprint density at radius 3 is 2.32 bits per heavy atom. The second kappa shape index (κ2) is 10.2. The molecule has 0 unspecified atom stereocenters. The molecule has 3 amide bonds. The quantitative estimate of drug-likeness (QED) is 0.660. The minimum absolute atomic E-state index is 0.0937. The predicted octanol–water partition coefficient (Wildman–Crippen LogP) is 5.77. The van der Waals surface area contributed by atoms with Crippen molar-refractivity contribution in [3.05, 3.63) is 64.7 Å². The number of benzene rings is 2. The molecular weight excluding hydrogens is 410 g/mol. The van der Waals surface area contributed by atoms with Crippen molar-refractivity contribution in [2.75, 3.05) is 31.5 Å². The first-order chi connectivity index (χ1) is 15.1. The second-order valence-corrected chi connectivity index (χ2v) is 8.99. The maximum Gasteiger partial charge on any atom is 0.321 e. The van der Waals surface area contributed by atoms with Crippen LogP contribution in [-0.4, -0.2) is 47.9 Å². The van der Waals surface area contributed by atoms with Gasteiger partial charge in [-0.15, -0.1) is 0 Å². The molecule has 1 N–H and O–H groups in total. The van der Waals surface area contributed by atoms with E-state index >= 15 is 0 Å². The average molecular weight is 440 g/mol. The summed E-state index contributed by atoms with van der Waals surface area (Å²) >= 11 is 5.93. The van der Waals surface area contributed by atoms with E-state index < -0.39 is 0 Å². The lowest BCUT2D eigenvalue weighted by Crippen LogP contribution is -2.41. The molecule has 0 aliphatic carbocycles. The summed E-state index contributed by atoms with van der Waals surface area (Å²) in [6.45, 7) is 3.10. The van der Waals surface area contributed by atoms with E-state index in [1.54, 1.807) is 24.3 Å². The summed E-state index contributed by atoms with van der Waals surface area (Å²) in [5.41, 5.74) is 2.65. The summed E-state index contributed by atoms with van der Waals surface area (Å²) in [6, 6.07) is 15.1. The van der Waals surface area contributed by atoms with Crippen LogP contribution >= 0.6 is 11.6 Å². The number of amides is 3. The highest BCUT2D eigenvalue weighted by Crippen LogP contribution is 2.28. The van der Waals surface area contributed by atoms with Gasteiger partial charge in [0.05, 0.1) is 0 Å². The highest BCUT2D eigenvalue weighted by molar-refractivity contribution is 6.30. The zero-order chi connectivity index (χ0) is 21.6. The van der Waals surface area contributed by atoms with E-state index in [1.165, 1.54) is 12.8 Å². The molecule has 0 radical (unpaired) electrons. The first-order valence-electron chi connectivity index (χ1n) is 11.3. The van der Waals surface area contributed by atoms with Crippen LogP contribution in [0.2, 0.25) is 5.02 Å². The number of nitrogens with zero attached hydrogens (tertiary/aromatic N) is 2. The van der Waals surface area contributed by atoms with Crippen LogP contribution in [0.1, 0.15) is 60.4 Å². The summed E-state index contributed by atoms with van der Waals surface area (Å²) < 4.78 is 0. The highest BCUT2D eigenvalue weighted by atomic mass is 35.5. The van der Waals surface area contributed by atoms with E-state index in [0.717, 1.165) is 62.1 Å². The van der Waals surface area contributed by atoms with Gasteiger partial charge in [0.2, 0.25) is 0 Å². The first-order valence-corrected chi connectivity index (χ1v) is 11.7. The van der Waals surface area contributed by atoms with Crippen LogP contribution in [0.25, 0.3) is 0 Å². The van der Waals surface area contributed by atoms with Crippen molar-refractivity contribution in [2.45, 2.75) is 44.4 Å². The lowest BCUT2D eigenvalue weighted by atomic mass is 9.89. The third-order valence-corrected chi connectivity index (χ3v) is 6.55. The van der Waals surface area contributed by atoms with E-state index in [-0.39, 0.29) is 17.9 Å². The molecular formula is C25H30ClN3O2. The fourth-order valence-corrected chi connectivity index (χ4v) is 4.68. The summed E-state index contributed by atoms with van der Waals surface area (Å²) in [5.74, 6) is 0.374.